The number of benzene rings is 2. The molecule has 1 fully saturated rings. The molecule has 0 spiro atoms. The van der Waals surface area contributed by atoms with Gasteiger partial charge in [-0.25, -0.2) is 9.59 Å². The smallest absolute Gasteiger partial charge is 0.338 e. The molecular weight excluding hydrogens is 360 g/mol. The van der Waals surface area contributed by atoms with Gasteiger partial charge in [0.15, 0.2) is 0 Å². The molecule has 144 valence electrons. The highest BCUT2D eigenvalue weighted by Crippen LogP contribution is 2.38. The molecular formula is C22H20O6. The van der Waals surface area contributed by atoms with Crippen molar-refractivity contribution in [2.75, 3.05) is 6.61 Å². The number of carboxylic acids is 1. The first-order valence-corrected chi connectivity index (χ1v) is 8.87. The summed E-state index contributed by atoms with van der Waals surface area (Å²) in [5.74, 6) is -3.55. The fourth-order valence-corrected chi connectivity index (χ4v) is 3.25. The summed E-state index contributed by atoms with van der Waals surface area (Å²) in [5, 5.41) is 9.42. The van der Waals surface area contributed by atoms with Crippen LogP contribution in [0.5, 0.6) is 0 Å². The Morgan fingerprint density at radius 1 is 0.929 bits per heavy atom. The second kappa shape index (κ2) is 8.52. The van der Waals surface area contributed by atoms with Crippen molar-refractivity contribution < 1.29 is 29.0 Å². The summed E-state index contributed by atoms with van der Waals surface area (Å²) in [6.45, 7) is 3.75. The molecule has 0 aromatic heterocycles. The monoisotopic (exact) mass is 380 g/mol. The Labute approximate surface area is 162 Å². The zero-order valence-corrected chi connectivity index (χ0v) is 15.1. The number of esters is 2. The molecule has 1 aliphatic rings. The van der Waals surface area contributed by atoms with Crippen molar-refractivity contribution in [3.8, 4) is 0 Å². The molecule has 0 heterocycles. The Hall–Kier alpha value is -3.41. The van der Waals surface area contributed by atoms with Crippen LogP contribution < -0.4 is 0 Å². The number of hydrogen-bond donors (Lipinski definition) is 1. The van der Waals surface area contributed by atoms with E-state index in [1.807, 2.05) is 0 Å². The molecule has 0 aliphatic heterocycles. The predicted molar refractivity (Wildman–Crippen MR) is 101 cm³/mol. The normalized spacial score (nSPS) is 21.1. The molecule has 28 heavy (non-hydrogen) atoms. The van der Waals surface area contributed by atoms with Gasteiger partial charge >= 0.3 is 17.9 Å². The van der Waals surface area contributed by atoms with Crippen molar-refractivity contribution in [3.05, 3.63) is 83.9 Å². The molecule has 1 N–H and O–H groups in total. The van der Waals surface area contributed by atoms with E-state index < -0.39 is 35.8 Å². The zero-order chi connectivity index (χ0) is 20.1. The Balaban J connectivity index is 1.71. The molecule has 0 saturated heterocycles. The Morgan fingerprint density at radius 2 is 1.46 bits per heavy atom. The minimum Gasteiger partial charge on any atom is -0.481 e. The standard InChI is InChI=1S/C22H20O6/c1-14-17(20(23)24)12-19(28-22(26)16-10-6-3-7-11-16)18(14)13-27-21(25)15-8-4-2-5-9-15/h2-11,17-19H,1,12-13H2,(H,23,24)/t17-,18+,19+/m1/s1. The van der Waals surface area contributed by atoms with Gasteiger partial charge in [0.25, 0.3) is 0 Å². The fourth-order valence-electron chi connectivity index (χ4n) is 3.25. The van der Waals surface area contributed by atoms with E-state index in [2.05, 4.69) is 6.58 Å². The molecule has 2 aromatic carbocycles. The largest absolute Gasteiger partial charge is 0.481 e. The number of rotatable bonds is 6. The van der Waals surface area contributed by atoms with Crippen LogP contribution in [0, 0.1) is 11.8 Å². The minimum absolute atomic E-state index is 0.0975. The maximum absolute atomic E-state index is 12.4. The predicted octanol–water partition coefficient (Wildman–Crippen LogP) is 3.35. The van der Waals surface area contributed by atoms with Gasteiger partial charge in [-0.15, -0.1) is 0 Å². The van der Waals surface area contributed by atoms with Crippen LogP contribution in [0.4, 0.5) is 0 Å². The van der Waals surface area contributed by atoms with Crippen LogP contribution in [0.15, 0.2) is 72.8 Å². The number of carbonyl (C=O) groups excluding carboxylic acids is 2. The SMILES string of the molecule is C=C1[C@H](C(=O)O)C[C@H](OC(=O)c2ccccc2)[C@H]1COC(=O)c1ccccc1. The lowest BCUT2D eigenvalue weighted by Crippen LogP contribution is -2.27. The van der Waals surface area contributed by atoms with Gasteiger partial charge in [0, 0.05) is 6.42 Å². The van der Waals surface area contributed by atoms with Crippen molar-refractivity contribution in [1.82, 2.24) is 0 Å². The highest BCUT2D eigenvalue weighted by molar-refractivity contribution is 5.90. The second-order valence-electron chi connectivity index (χ2n) is 6.58. The molecule has 1 aliphatic carbocycles. The van der Waals surface area contributed by atoms with Gasteiger partial charge in [-0.1, -0.05) is 48.6 Å². The van der Waals surface area contributed by atoms with Gasteiger partial charge < -0.3 is 14.6 Å². The van der Waals surface area contributed by atoms with Crippen LogP contribution in [-0.4, -0.2) is 35.7 Å². The van der Waals surface area contributed by atoms with Crippen molar-refractivity contribution in [3.63, 3.8) is 0 Å². The highest BCUT2D eigenvalue weighted by Gasteiger charge is 2.44. The summed E-state index contributed by atoms with van der Waals surface area (Å²) in [7, 11) is 0. The van der Waals surface area contributed by atoms with E-state index in [-0.39, 0.29) is 13.0 Å². The van der Waals surface area contributed by atoms with E-state index in [0.29, 0.717) is 16.7 Å². The number of aliphatic carboxylic acids is 1. The van der Waals surface area contributed by atoms with Crippen molar-refractivity contribution in [2.45, 2.75) is 12.5 Å². The first kappa shape index (κ1) is 19.4. The molecule has 0 amide bonds. The third-order valence-corrected chi connectivity index (χ3v) is 4.81. The molecule has 2 aromatic rings. The molecule has 0 bridgehead atoms. The maximum atomic E-state index is 12.4. The van der Waals surface area contributed by atoms with Gasteiger partial charge in [-0.05, 0) is 24.3 Å². The molecule has 6 nitrogen and oxygen atoms in total. The van der Waals surface area contributed by atoms with Crippen molar-refractivity contribution in [2.24, 2.45) is 11.8 Å². The summed E-state index contributed by atoms with van der Waals surface area (Å²) in [4.78, 5) is 36.1. The van der Waals surface area contributed by atoms with E-state index in [1.54, 1.807) is 60.7 Å². The Bertz CT molecular complexity index is 874. The van der Waals surface area contributed by atoms with Crippen LogP contribution in [-0.2, 0) is 14.3 Å². The number of carboxylic acid groups (broad SMARTS) is 1. The topological polar surface area (TPSA) is 89.9 Å². The van der Waals surface area contributed by atoms with Crippen LogP contribution in [0.25, 0.3) is 0 Å². The van der Waals surface area contributed by atoms with Gasteiger partial charge in [-0.2, -0.15) is 0 Å². The van der Waals surface area contributed by atoms with E-state index in [1.165, 1.54) is 0 Å². The summed E-state index contributed by atoms with van der Waals surface area (Å²) in [5.41, 5.74) is 1.14. The maximum Gasteiger partial charge on any atom is 0.338 e. The minimum atomic E-state index is -1.04. The third kappa shape index (κ3) is 4.28. The first-order valence-electron chi connectivity index (χ1n) is 8.87. The Kier molecular flexibility index (Phi) is 5.89. The molecule has 3 rings (SSSR count). The average molecular weight is 380 g/mol. The summed E-state index contributed by atoms with van der Waals surface area (Å²) in [6.07, 6.45) is -0.634. The Morgan fingerprint density at radius 3 is 2.00 bits per heavy atom. The first-order chi connectivity index (χ1) is 13.5. The lowest BCUT2D eigenvalue weighted by atomic mass is 9.99. The van der Waals surface area contributed by atoms with Crippen LogP contribution >= 0.6 is 0 Å². The third-order valence-electron chi connectivity index (χ3n) is 4.81. The van der Waals surface area contributed by atoms with E-state index in [9.17, 15) is 19.5 Å². The van der Waals surface area contributed by atoms with Gasteiger partial charge in [-0.3, -0.25) is 4.79 Å². The summed E-state index contributed by atoms with van der Waals surface area (Å²) in [6, 6.07) is 16.9. The lowest BCUT2D eigenvalue weighted by molar-refractivity contribution is -0.140. The number of ether oxygens (including phenoxy) is 2. The number of carbonyl (C=O) groups is 3. The summed E-state index contributed by atoms with van der Waals surface area (Å²) >= 11 is 0. The van der Waals surface area contributed by atoms with Crippen LogP contribution in [0.2, 0.25) is 0 Å². The molecule has 0 unspecified atom stereocenters. The highest BCUT2D eigenvalue weighted by atomic mass is 16.6. The van der Waals surface area contributed by atoms with Gasteiger partial charge in [0.2, 0.25) is 0 Å². The second-order valence-corrected chi connectivity index (χ2v) is 6.58. The molecule has 3 atom stereocenters. The van der Waals surface area contributed by atoms with Crippen molar-refractivity contribution in [1.29, 1.82) is 0 Å². The van der Waals surface area contributed by atoms with Crippen LogP contribution in [0.3, 0.4) is 0 Å². The quantitative estimate of drug-likeness (QED) is 0.611. The average Bonchev–Trinajstić information content (AvgIpc) is 3.03. The lowest BCUT2D eigenvalue weighted by Gasteiger charge is -2.20. The zero-order valence-electron chi connectivity index (χ0n) is 15.1. The van der Waals surface area contributed by atoms with E-state index in [4.69, 9.17) is 9.47 Å². The van der Waals surface area contributed by atoms with Gasteiger partial charge in [0.1, 0.15) is 12.7 Å². The van der Waals surface area contributed by atoms with E-state index in [0.717, 1.165) is 0 Å². The molecule has 1 saturated carbocycles. The molecule has 0 radical (unpaired) electrons. The van der Waals surface area contributed by atoms with Crippen molar-refractivity contribution >= 4 is 17.9 Å². The summed E-state index contributed by atoms with van der Waals surface area (Å²) < 4.78 is 10.9. The molecule has 6 heteroatoms. The number of hydrogen-bond acceptors (Lipinski definition) is 5. The van der Waals surface area contributed by atoms with Crippen LogP contribution in [0.1, 0.15) is 27.1 Å². The fraction of sp³-hybridized carbons (Fsp3) is 0.227. The van der Waals surface area contributed by atoms with Gasteiger partial charge in [0.05, 0.1) is 23.0 Å². The van der Waals surface area contributed by atoms with E-state index >= 15 is 0 Å².